The molecule has 0 atom stereocenters. The monoisotopic (exact) mass is 324 g/mol. The summed E-state index contributed by atoms with van der Waals surface area (Å²) in [5.74, 6) is 0. The molecule has 0 bridgehead atoms. The van der Waals surface area contributed by atoms with E-state index in [1.807, 2.05) is 60.7 Å². The Balaban J connectivity index is 0.00000242. The summed E-state index contributed by atoms with van der Waals surface area (Å²) in [5, 5.41) is 1.05. The third-order valence-corrected chi connectivity index (χ3v) is 3.65. The maximum absolute atomic E-state index is 11.8. The van der Waals surface area contributed by atoms with Crippen molar-refractivity contribution >= 4 is 51.3 Å². The summed E-state index contributed by atoms with van der Waals surface area (Å²) in [5.41, 5.74) is 2.46. The van der Waals surface area contributed by atoms with Gasteiger partial charge in [-0.05, 0) is 29.7 Å². The van der Waals surface area contributed by atoms with Gasteiger partial charge in [-0.25, -0.2) is 0 Å². The average molecular weight is 324 g/mol. The molecule has 110 valence electrons. The predicted molar refractivity (Wildman–Crippen MR) is 92.7 cm³/mol. The van der Waals surface area contributed by atoms with Gasteiger partial charge in [0.05, 0.1) is 5.41 Å². The Labute approximate surface area is 153 Å². The Morgan fingerprint density at radius 1 is 0.955 bits per heavy atom. The summed E-state index contributed by atoms with van der Waals surface area (Å²) < 4.78 is 28.5. The quantitative estimate of drug-likeness (QED) is 0.481. The fourth-order valence-corrected chi connectivity index (χ4v) is 2.33. The molecule has 0 aliphatic carbocycles. The Morgan fingerprint density at radius 2 is 1.50 bits per heavy atom. The van der Waals surface area contributed by atoms with Crippen LogP contribution in [0.4, 0.5) is 0 Å². The van der Waals surface area contributed by atoms with E-state index in [0.717, 1.165) is 22.1 Å². The Bertz CT molecular complexity index is 736. The van der Waals surface area contributed by atoms with E-state index < -0.39 is 10.1 Å². The second-order valence-electron chi connectivity index (χ2n) is 4.47. The van der Waals surface area contributed by atoms with Crippen LogP contribution in [0.3, 0.4) is 0 Å². The van der Waals surface area contributed by atoms with Crippen LogP contribution in [0.1, 0.15) is 18.1 Å². The van der Waals surface area contributed by atoms with E-state index in [4.69, 9.17) is 4.18 Å². The summed E-state index contributed by atoms with van der Waals surface area (Å²) in [6, 6.07) is 18.6. The van der Waals surface area contributed by atoms with Crippen LogP contribution in [0, 0.1) is 0 Å². The molecule has 0 unspecified atom stereocenters. The summed E-state index contributed by atoms with van der Waals surface area (Å²) in [7, 11) is -3.74. The van der Waals surface area contributed by atoms with Gasteiger partial charge >= 0.3 is 39.7 Å². The first-order valence-corrected chi connectivity index (χ1v) is 7.92. The zero-order valence-corrected chi connectivity index (χ0v) is 12.5. The molecule has 0 radical (unpaired) electrons. The first-order chi connectivity index (χ1) is 10.1. The van der Waals surface area contributed by atoms with Crippen molar-refractivity contribution in [2.75, 3.05) is 0 Å². The van der Waals surface area contributed by atoms with E-state index in [9.17, 15) is 8.42 Å². The summed E-state index contributed by atoms with van der Waals surface area (Å²) in [6.07, 6.45) is 2.75. The molecular weight excluding hydrogens is 307 g/mol. The van der Waals surface area contributed by atoms with Crippen LogP contribution in [0.5, 0.6) is 0 Å². The van der Waals surface area contributed by atoms with Gasteiger partial charge in [-0.15, -0.1) is 0 Å². The first-order valence-electron chi connectivity index (χ1n) is 6.45. The van der Waals surface area contributed by atoms with E-state index in [2.05, 4.69) is 0 Å². The van der Waals surface area contributed by atoms with Crippen molar-refractivity contribution in [2.45, 2.75) is 6.92 Å². The number of hydrogen-bond donors (Lipinski definition) is 0. The van der Waals surface area contributed by atoms with Gasteiger partial charge in [-0.3, -0.25) is 0 Å². The molecular formula is C17H17NaO3S. The second-order valence-corrected chi connectivity index (χ2v) is 5.92. The maximum atomic E-state index is 11.8. The van der Waals surface area contributed by atoms with Crippen molar-refractivity contribution in [2.24, 2.45) is 0 Å². The van der Waals surface area contributed by atoms with Crippen LogP contribution < -0.4 is 0 Å². The van der Waals surface area contributed by atoms with Gasteiger partial charge in [-0.2, -0.15) is 8.42 Å². The Hall–Kier alpha value is -1.33. The van der Waals surface area contributed by atoms with E-state index in [0.29, 0.717) is 0 Å². The van der Waals surface area contributed by atoms with Crippen molar-refractivity contribution in [1.82, 2.24) is 0 Å². The molecule has 5 heteroatoms. The second kappa shape index (κ2) is 8.96. The zero-order valence-electron chi connectivity index (χ0n) is 11.6. The molecule has 0 amide bonds. The molecule has 2 rings (SSSR count). The molecule has 0 aliphatic rings. The summed E-state index contributed by atoms with van der Waals surface area (Å²) in [6.45, 7) is 1.80. The molecule has 3 nitrogen and oxygen atoms in total. The SMILES string of the molecule is CC(=COS(=O)(=O)C=Cc1ccccc1)c1ccccc1.[NaH]. The van der Waals surface area contributed by atoms with Crippen molar-refractivity contribution in [3.05, 3.63) is 83.5 Å². The van der Waals surface area contributed by atoms with E-state index in [1.165, 1.54) is 12.3 Å². The van der Waals surface area contributed by atoms with Gasteiger partial charge in [0.25, 0.3) is 0 Å². The van der Waals surface area contributed by atoms with Crippen LogP contribution in [0.2, 0.25) is 0 Å². The third kappa shape index (κ3) is 6.20. The predicted octanol–water partition coefficient (Wildman–Crippen LogP) is 3.42. The molecule has 0 heterocycles. The Morgan fingerprint density at radius 3 is 2.09 bits per heavy atom. The number of rotatable bonds is 5. The number of hydrogen-bond acceptors (Lipinski definition) is 3. The van der Waals surface area contributed by atoms with E-state index in [-0.39, 0.29) is 29.6 Å². The third-order valence-electron chi connectivity index (χ3n) is 2.81. The van der Waals surface area contributed by atoms with Gasteiger partial charge in [0.1, 0.15) is 6.26 Å². The van der Waals surface area contributed by atoms with Gasteiger partial charge in [0, 0.05) is 0 Å². The summed E-state index contributed by atoms with van der Waals surface area (Å²) >= 11 is 0. The van der Waals surface area contributed by atoms with Crippen LogP contribution in [-0.2, 0) is 14.3 Å². The molecule has 2 aromatic carbocycles. The normalized spacial score (nSPS) is 12.0. The fourth-order valence-electron chi connectivity index (χ4n) is 1.67. The first kappa shape index (κ1) is 18.7. The minimum absolute atomic E-state index is 0. The van der Waals surface area contributed by atoms with Crippen LogP contribution in [0.25, 0.3) is 11.6 Å². The van der Waals surface area contributed by atoms with E-state index >= 15 is 0 Å². The van der Waals surface area contributed by atoms with Crippen LogP contribution in [0.15, 0.2) is 72.3 Å². The average Bonchev–Trinajstić information content (AvgIpc) is 2.53. The molecule has 0 aromatic heterocycles. The fraction of sp³-hybridized carbons (Fsp3) is 0.0588. The number of allylic oxidation sites excluding steroid dienone is 1. The van der Waals surface area contributed by atoms with Gasteiger partial charge in [0.2, 0.25) is 0 Å². The van der Waals surface area contributed by atoms with Crippen molar-refractivity contribution in [3.8, 4) is 0 Å². The molecule has 0 spiro atoms. The van der Waals surface area contributed by atoms with Crippen molar-refractivity contribution in [1.29, 1.82) is 0 Å². The molecule has 0 saturated heterocycles. The molecule has 0 fully saturated rings. The van der Waals surface area contributed by atoms with Crippen LogP contribution in [-0.4, -0.2) is 38.0 Å². The standard InChI is InChI=1S/C17H16O3S.Na.H/c1-15(17-10-6-3-7-11-17)14-20-21(18,19)13-12-16-8-4-2-5-9-16;;/h2-14H,1H3;;. The number of benzene rings is 2. The molecule has 0 N–H and O–H groups in total. The van der Waals surface area contributed by atoms with Gasteiger partial charge in [0.15, 0.2) is 0 Å². The minimum atomic E-state index is -3.74. The van der Waals surface area contributed by atoms with Crippen molar-refractivity contribution in [3.63, 3.8) is 0 Å². The molecule has 22 heavy (non-hydrogen) atoms. The topological polar surface area (TPSA) is 43.4 Å². The van der Waals surface area contributed by atoms with Gasteiger partial charge < -0.3 is 4.18 Å². The van der Waals surface area contributed by atoms with Gasteiger partial charge in [-0.1, -0.05) is 60.7 Å². The molecule has 0 aliphatic heterocycles. The molecule has 0 saturated carbocycles. The Kier molecular flexibility index (Phi) is 7.62. The molecule has 2 aromatic rings. The van der Waals surface area contributed by atoms with Crippen LogP contribution >= 0.6 is 0 Å². The van der Waals surface area contributed by atoms with Crippen molar-refractivity contribution < 1.29 is 12.6 Å². The van der Waals surface area contributed by atoms with E-state index in [1.54, 1.807) is 6.92 Å². The summed E-state index contributed by atoms with van der Waals surface area (Å²) in [4.78, 5) is 0. The zero-order chi connectivity index (χ0) is 15.1.